The van der Waals surface area contributed by atoms with Gasteiger partial charge in [0, 0.05) is 18.1 Å². The van der Waals surface area contributed by atoms with Crippen molar-refractivity contribution in [3.63, 3.8) is 0 Å². The average Bonchev–Trinajstić information content (AvgIpc) is 3.64. The molecule has 3 aromatic heterocycles. The zero-order valence-corrected chi connectivity index (χ0v) is 19.5. The SMILES string of the molecule is O=C(NC1(C(=O)O)CCCC1)c1cccc(/C=C/Cn2cccc2C(=O)c2cc3ccccc3o2)n1. The molecule has 0 saturated heterocycles. The molecule has 0 atom stereocenters. The molecule has 0 aliphatic heterocycles. The maximum Gasteiger partial charge on any atom is 0.329 e. The van der Waals surface area contributed by atoms with Crippen molar-refractivity contribution in [2.75, 3.05) is 0 Å². The van der Waals surface area contributed by atoms with Crippen LogP contribution in [0.3, 0.4) is 0 Å². The fourth-order valence-electron chi connectivity index (χ4n) is 4.61. The minimum Gasteiger partial charge on any atom is -0.480 e. The lowest BCUT2D eigenvalue weighted by molar-refractivity contribution is -0.144. The number of aromatic nitrogens is 2. The number of hydrogen-bond acceptors (Lipinski definition) is 5. The molecule has 1 aliphatic carbocycles. The van der Waals surface area contributed by atoms with Crippen molar-refractivity contribution in [3.8, 4) is 0 Å². The van der Waals surface area contributed by atoms with Gasteiger partial charge in [0.1, 0.15) is 16.8 Å². The van der Waals surface area contributed by atoms with Crippen LogP contribution in [-0.4, -0.2) is 37.9 Å². The highest BCUT2D eigenvalue weighted by molar-refractivity contribution is 6.08. The number of aliphatic carboxylic acids is 1. The van der Waals surface area contributed by atoms with Crippen LogP contribution in [0.5, 0.6) is 0 Å². The van der Waals surface area contributed by atoms with E-state index in [1.165, 1.54) is 0 Å². The Morgan fingerprint density at radius 2 is 1.86 bits per heavy atom. The Hall–Kier alpha value is -4.46. The molecule has 0 bridgehead atoms. The Kier molecular flexibility index (Phi) is 6.25. The summed E-state index contributed by atoms with van der Waals surface area (Å²) in [6.45, 7) is 0.411. The Morgan fingerprint density at radius 3 is 2.64 bits per heavy atom. The van der Waals surface area contributed by atoms with Gasteiger partial charge in [0.05, 0.1) is 11.4 Å². The Morgan fingerprint density at radius 1 is 1.06 bits per heavy atom. The van der Waals surface area contributed by atoms with Gasteiger partial charge >= 0.3 is 5.97 Å². The number of ketones is 1. The lowest BCUT2D eigenvalue weighted by atomic mass is 9.97. The van der Waals surface area contributed by atoms with E-state index in [1.807, 2.05) is 36.5 Å². The molecule has 1 saturated carbocycles. The molecule has 1 aliphatic rings. The van der Waals surface area contributed by atoms with E-state index in [0.717, 1.165) is 18.2 Å². The van der Waals surface area contributed by atoms with Gasteiger partial charge in [0.2, 0.25) is 5.78 Å². The van der Waals surface area contributed by atoms with Gasteiger partial charge in [0.15, 0.2) is 5.76 Å². The Labute approximate surface area is 207 Å². The zero-order valence-electron chi connectivity index (χ0n) is 19.5. The van der Waals surface area contributed by atoms with Crippen molar-refractivity contribution >= 4 is 34.7 Å². The van der Waals surface area contributed by atoms with Crippen LogP contribution in [0.1, 0.15) is 58.1 Å². The molecule has 0 spiro atoms. The summed E-state index contributed by atoms with van der Waals surface area (Å²) < 4.78 is 7.53. The first-order valence-electron chi connectivity index (χ1n) is 11.8. The number of furan rings is 1. The second-order valence-corrected chi connectivity index (χ2v) is 8.92. The predicted molar refractivity (Wildman–Crippen MR) is 134 cm³/mol. The monoisotopic (exact) mass is 483 g/mol. The Balaban J connectivity index is 1.28. The number of allylic oxidation sites excluding steroid dienone is 1. The standard InChI is InChI=1S/C28H25N3O5/c32-25(24-18-19-8-1-2-13-23(19)36-24)22-12-7-17-31(22)16-6-10-20-9-5-11-21(29-20)26(33)30-28(27(34)35)14-3-4-15-28/h1-2,5-13,17-18H,3-4,14-16H2,(H,30,33)(H,34,35)/b10-6+. The maximum atomic E-state index is 13.0. The number of pyridine rings is 1. The summed E-state index contributed by atoms with van der Waals surface area (Å²) in [4.78, 5) is 41.9. The summed E-state index contributed by atoms with van der Waals surface area (Å²) in [6.07, 6.45) is 7.78. The van der Waals surface area contributed by atoms with Crippen molar-refractivity contribution in [1.82, 2.24) is 14.9 Å². The number of carbonyl (C=O) groups is 3. The first-order chi connectivity index (χ1) is 17.4. The summed E-state index contributed by atoms with van der Waals surface area (Å²) in [7, 11) is 0. The molecule has 1 amide bonds. The van der Waals surface area contributed by atoms with E-state index in [1.54, 1.807) is 47.0 Å². The third-order valence-corrected chi connectivity index (χ3v) is 6.52. The quantitative estimate of drug-likeness (QED) is 0.351. The number of hydrogen-bond donors (Lipinski definition) is 2. The largest absolute Gasteiger partial charge is 0.480 e. The molecule has 1 fully saturated rings. The van der Waals surface area contributed by atoms with Crippen molar-refractivity contribution in [2.45, 2.75) is 37.8 Å². The smallest absolute Gasteiger partial charge is 0.329 e. The first-order valence-corrected chi connectivity index (χ1v) is 11.8. The second-order valence-electron chi connectivity index (χ2n) is 8.92. The minimum absolute atomic E-state index is 0.159. The third-order valence-electron chi connectivity index (χ3n) is 6.52. The molecule has 5 rings (SSSR count). The highest BCUT2D eigenvalue weighted by Crippen LogP contribution is 2.30. The van der Waals surface area contributed by atoms with E-state index in [-0.39, 0.29) is 17.2 Å². The molecule has 4 aromatic rings. The third kappa shape index (κ3) is 4.57. The van der Waals surface area contributed by atoms with E-state index in [2.05, 4.69) is 10.3 Å². The van der Waals surface area contributed by atoms with Gasteiger partial charge in [-0.1, -0.05) is 43.2 Å². The van der Waals surface area contributed by atoms with Crippen LogP contribution in [0.15, 0.2) is 77.4 Å². The summed E-state index contributed by atoms with van der Waals surface area (Å²) in [6, 6.07) is 17.8. The number of fused-ring (bicyclic) bond motifs is 1. The lowest BCUT2D eigenvalue weighted by Gasteiger charge is -2.25. The van der Waals surface area contributed by atoms with Crippen molar-refractivity contribution < 1.29 is 23.9 Å². The van der Waals surface area contributed by atoms with Gasteiger partial charge in [-0.05, 0) is 55.3 Å². The number of carboxylic acid groups (broad SMARTS) is 1. The number of carboxylic acids is 1. The average molecular weight is 484 g/mol. The van der Waals surface area contributed by atoms with Crippen molar-refractivity contribution in [2.24, 2.45) is 0 Å². The highest BCUT2D eigenvalue weighted by atomic mass is 16.4. The van der Waals surface area contributed by atoms with Gasteiger partial charge in [-0.3, -0.25) is 9.59 Å². The second kappa shape index (κ2) is 9.65. The molecule has 36 heavy (non-hydrogen) atoms. The molecule has 3 heterocycles. The minimum atomic E-state index is -1.22. The summed E-state index contributed by atoms with van der Waals surface area (Å²) in [5.74, 6) is -1.44. The molecule has 0 radical (unpaired) electrons. The first kappa shape index (κ1) is 23.3. The molecule has 8 heteroatoms. The van der Waals surface area contributed by atoms with Crippen LogP contribution in [0.25, 0.3) is 17.0 Å². The van der Waals surface area contributed by atoms with Gasteiger partial charge in [-0.2, -0.15) is 0 Å². The number of benzene rings is 1. The zero-order chi connectivity index (χ0) is 25.1. The Bertz CT molecular complexity index is 1440. The van der Waals surface area contributed by atoms with E-state index in [9.17, 15) is 19.5 Å². The van der Waals surface area contributed by atoms with Crippen LogP contribution < -0.4 is 5.32 Å². The lowest BCUT2D eigenvalue weighted by Crippen LogP contribution is -2.52. The number of nitrogens with zero attached hydrogens (tertiary/aromatic N) is 2. The maximum absolute atomic E-state index is 13.0. The van der Waals surface area contributed by atoms with Gasteiger partial charge in [-0.15, -0.1) is 0 Å². The van der Waals surface area contributed by atoms with E-state index < -0.39 is 17.4 Å². The van der Waals surface area contributed by atoms with Crippen LogP contribution in [0, 0.1) is 0 Å². The number of nitrogens with one attached hydrogen (secondary N) is 1. The number of carbonyl (C=O) groups excluding carboxylic acids is 2. The highest BCUT2D eigenvalue weighted by Gasteiger charge is 2.42. The fourth-order valence-corrected chi connectivity index (χ4v) is 4.61. The number of amides is 1. The molecule has 0 unspecified atom stereocenters. The van der Waals surface area contributed by atoms with Crippen LogP contribution in [-0.2, 0) is 11.3 Å². The van der Waals surface area contributed by atoms with Crippen molar-refractivity contribution in [3.05, 3.63) is 95.8 Å². The molecular weight excluding hydrogens is 458 g/mol. The van der Waals surface area contributed by atoms with E-state index in [4.69, 9.17) is 4.42 Å². The molecule has 2 N–H and O–H groups in total. The molecular formula is C28H25N3O5. The van der Waals surface area contributed by atoms with Gasteiger partial charge < -0.3 is 19.4 Å². The van der Waals surface area contributed by atoms with E-state index in [0.29, 0.717) is 36.4 Å². The molecule has 8 nitrogen and oxygen atoms in total. The van der Waals surface area contributed by atoms with Crippen molar-refractivity contribution in [1.29, 1.82) is 0 Å². The normalized spacial score (nSPS) is 14.9. The van der Waals surface area contributed by atoms with Crippen LogP contribution >= 0.6 is 0 Å². The fraction of sp³-hybridized carbons (Fsp3) is 0.214. The van der Waals surface area contributed by atoms with Crippen LogP contribution in [0.4, 0.5) is 0 Å². The van der Waals surface area contributed by atoms with Gasteiger partial charge in [-0.25, -0.2) is 9.78 Å². The topological polar surface area (TPSA) is 114 Å². The molecule has 182 valence electrons. The summed E-state index contributed by atoms with van der Waals surface area (Å²) in [5.41, 5.74) is 0.649. The summed E-state index contributed by atoms with van der Waals surface area (Å²) >= 11 is 0. The predicted octanol–water partition coefficient (Wildman–Crippen LogP) is 4.70. The van der Waals surface area contributed by atoms with E-state index >= 15 is 0 Å². The number of rotatable bonds is 8. The molecule has 1 aromatic carbocycles. The van der Waals surface area contributed by atoms with Gasteiger partial charge in [0.25, 0.3) is 5.91 Å². The number of para-hydroxylation sites is 1. The summed E-state index contributed by atoms with van der Waals surface area (Å²) in [5, 5.41) is 13.2. The van der Waals surface area contributed by atoms with Crippen LogP contribution in [0.2, 0.25) is 0 Å².